The van der Waals surface area contributed by atoms with Gasteiger partial charge >= 0.3 is 0 Å². The molecule has 3 aromatic heterocycles. The highest BCUT2D eigenvalue weighted by atomic mass is 16.3. The van der Waals surface area contributed by atoms with Crippen LogP contribution in [-0.4, -0.2) is 68.8 Å². The summed E-state index contributed by atoms with van der Waals surface area (Å²) in [6.07, 6.45) is 6.83. The summed E-state index contributed by atoms with van der Waals surface area (Å²) >= 11 is 0. The summed E-state index contributed by atoms with van der Waals surface area (Å²) in [7, 11) is 2.22. The van der Waals surface area contributed by atoms with Crippen LogP contribution < -0.4 is 11.5 Å². The maximum absolute atomic E-state index is 6.58. The van der Waals surface area contributed by atoms with Crippen LogP contribution in [0.5, 0.6) is 0 Å². The second-order valence-electron chi connectivity index (χ2n) is 10.7. The topological polar surface area (TPSA) is 115 Å². The molecule has 2 fully saturated rings. The maximum Gasteiger partial charge on any atom is 0.164 e. The Balaban J connectivity index is 1.27. The van der Waals surface area contributed by atoms with Crippen LogP contribution >= 0.6 is 0 Å². The number of aromatic nitrogens is 4. The molecule has 5 heterocycles. The molecule has 0 radical (unpaired) electrons. The van der Waals surface area contributed by atoms with E-state index in [9.17, 15) is 0 Å². The summed E-state index contributed by atoms with van der Waals surface area (Å²) in [4.78, 5) is 14.0. The highest BCUT2D eigenvalue weighted by Gasteiger charge is 2.30. The van der Waals surface area contributed by atoms with Crippen molar-refractivity contribution in [3.05, 3.63) is 53.7 Å². The van der Waals surface area contributed by atoms with E-state index in [2.05, 4.69) is 37.6 Å². The van der Waals surface area contributed by atoms with Crippen molar-refractivity contribution in [3.63, 3.8) is 0 Å². The number of aryl methyl sites for hydroxylation is 1. The standard InChI is InChI=1S/C28H36N8O/c1-18-3-5-22(37-18)15-19-4-6-23(24(29)16-19)26-25-27(30)31-17-32-28(25)36(33-26)21-9-13-35(14-10-21)20-7-11-34(2)12-8-20/h3-6,16-17,20-21H,7-15,29H2,1-2H3,(H2,30,31,32). The van der Waals surface area contributed by atoms with Crippen LogP contribution in [0.2, 0.25) is 0 Å². The largest absolute Gasteiger partial charge is 0.466 e. The Labute approximate surface area is 217 Å². The van der Waals surface area contributed by atoms with Gasteiger partial charge in [-0.15, -0.1) is 0 Å². The molecule has 37 heavy (non-hydrogen) atoms. The van der Waals surface area contributed by atoms with Crippen LogP contribution in [0.25, 0.3) is 22.3 Å². The van der Waals surface area contributed by atoms with Crippen LogP contribution in [0.3, 0.4) is 0 Å². The molecular formula is C28H36N8O. The van der Waals surface area contributed by atoms with Crippen molar-refractivity contribution >= 4 is 22.5 Å². The summed E-state index contributed by atoms with van der Waals surface area (Å²) in [6.45, 7) is 6.50. The second kappa shape index (κ2) is 9.79. The Morgan fingerprint density at radius 2 is 1.70 bits per heavy atom. The van der Waals surface area contributed by atoms with Gasteiger partial charge in [0.1, 0.15) is 29.4 Å². The molecule has 4 aromatic rings. The molecule has 2 aliphatic rings. The average molecular weight is 501 g/mol. The van der Waals surface area contributed by atoms with Gasteiger partial charge in [-0.2, -0.15) is 5.10 Å². The number of nitrogens with zero attached hydrogens (tertiary/aromatic N) is 6. The zero-order valence-electron chi connectivity index (χ0n) is 21.7. The van der Waals surface area contributed by atoms with E-state index < -0.39 is 0 Å². The van der Waals surface area contributed by atoms with E-state index in [0.717, 1.165) is 65.3 Å². The summed E-state index contributed by atoms with van der Waals surface area (Å²) in [6, 6.07) is 11.1. The van der Waals surface area contributed by atoms with Crippen LogP contribution in [0, 0.1) is 6.92 Å². The monoisotopic (exact) mass is 500 g/mol. The van der Waals surface area contributed by atoms with E-state index in [4.69, 9.17) is 21.0 Å². The van der Waals surface area contributed by atoms with E-state index in [-0.39, 0.29) is 6.04 Å². The van der Waals surface area contributed by atoms with Crippen molar-refractivity contribution in [2.75, 3.05) is 44.7 Å². The lowest BCUT2D eigenvalue weighted by atomic mass is 9.98. The fourth-order valence-electron chi connectivity index (χ4n) is 6.01. The fraction of sp³-hybridized carbons (Fsp3) is 0.464. The van der Waals surface area contributed by atoms with Gasteiger partial charge in [0, 0.05) is 36.8 Å². The summed E-state index contributed by atoms with van der Waals surface area (Å²) in [5.41, 5.74) is 17.1. The van der Waals surface area contributed by atoms with Crippen LogP contribution in [0.1, 0.15) is 48.8 Å². The number of rotatable bonds is 5. The molecule has 9 heteroatoms. The fourth-order valence-corrected chi connectivity index (χ4v) is 6.01. The Morgan fingerprint density at radius 1 is 0.946 bits per heavy atom. The molecule has 194 valence electrons. The number of benzene rings is 1. The zero-order chi connectivity index (χ0) is 25.5. The average Bonchev–Trinajstić information content (AvgIpc) is 3.49. The Morgan fingerprint density at radius 3 is 2.41 bits per heavy atom. The molecule has 0 bridgehead atoms. The first-order chi connectivity index (χ1) is 18.0. The number of likely N-dealkylation sites (tertiary alicyclic amines) is 2. The number of nitrogens with two attached hydrogens (primary N) is 2. The molecule has 4 N–H and O–H groups in total. The molecule has 0 amide bonds. The van der Waals surface area contributed by atoms with Gasteiger partial charge in [0.25, 0.3) is 0 Å². The molecule has 9 nitrogen and oxygen atoms in total. The first kappa shape index (κ1) is 23.9. The molecular weight excluding hydrogens is 464 g/mol. The predicted octanol–water partition coefficient (Wildman–Crippen LogP) is 3.88. The first-order valence-electron chi connectivity index (χ1n) is 13.3. The van der Waals surface area contributed by atoms with Gasteiger partial charge in [0.15, 0.2) is 5.65 Å². The third kappa shape index (κ3) is 4.69. The van der Waals surface area contributed by atoms with E-state index in [1.165, 1.54) is 32.3 Å². The van der Waals surface area contributed by atoms with Crippen molar-refractivity contribution in [1.29, 1.82) is 0 Å². The molecule has 0 spiro atoms. The SMILES string of the molecule is Cc1ccc(Cc2ccc(-c3nn(C4CCN(C5CCN(C)CC5)CC4)c4ncnc(N)c34)c(N)c2)o1. The third-order valence-electron chi connectivity index (χ3n) is 8.11. The van der Waals surface area contributed by atoms with Crippen molar-refractivity contribution < 1.29 is 4.42 Å². The molecule has 0 atom stereocenters. The first-order valence-corrected chi connectivity index (χ1v) is 13.3. The Bertz CT molecular complexity index is 1390. The van der Waals surface area contributed by atoms with Gasteiger partial charge in [-0.05, 0) is 76.5 Å². The van der Waals surface area contributed by atoms with Gasteiger partial charge in [-0.25, -0.2) is 14.6 Å². The molecule has 6 rings (SSSR count). The lowest BCUT2D eigenvalue weighted by Gasteiger charge is -2.41. The molecule has 2 aliphatic heterocycles. The van der Waals surface area contributed by atoms with E-state index in [1.807, 2.05) is 31.2 Å². The number of hydrogen-bond donors (Lipinski definition) is 2. The van der Waals surface area contributed by atoms with Gasteiger partial charge in [0.05, 0.1) is 11.4 Å². The van der Waals surface area contributed by atoms with Crippen molar-refractivity contribution in [2.45, 2.75) is 51.1 Å². The minimum absolute atomic E-state index is 0.274. The van der Waals surface area contributed by atoms with Crippen LogP contribution in [0.15, 0.2) is 41.1 Å². The molecule has 2 saturated heterocycles. The molecule has 1 aromatic carbocycles. The minimum atomic E-state index is 0.274. The molecule has 0 saturated carbocycles. The van der Waals surface area contributed by atoms with Crippen LogP contribution in [-0.2, 0) is 6.42 Å². The molecule has 0 unspecified atom stereocenters. The quantitative estimate of drug-likeness (QED) is 0.397. The second-order valence-corrected chi connectivity index (χ2v) is 10.7. The van der Waals surface area contributed by atoms with E-state index in [1.54, 1.807) is 0 Å². The van der Waals surface area contributed by atoms with Crippen molar-refractivity contribution in [2.24, 2.45) is 0 Å². The minimum Gasteiger partial charge on any atom is -0.466 e. The Kier molecular flexibility index (Phi) is 6.34. The normalized spacial score (nSPS) is 18.6. The number of hydrogen-bond acceptors (Lipinski definition) is 8. The third-order valence-corrected chi connectivity index (χ3v) is 8.11. The van der Waals surface area contributed by atoms with Gasteiger partial charge < -0.3 is 25.7 Å². The lowest BCUT2D eigenvalue weighted by Crippen LogP contribution is -2.47. The summed E-state index contributed by atoms with van der Waals surface area (Å²) in [5.74, 6) is 2.26. The highest BCUT2D eigenvalue weighted by molar-refractivity contribution is 6.00. The van der Waals surface area contributed by atoms with E-state index >= 15 is 0 Å². The number of fused-ring (bicyclic) bond motifs is 1. The number of anilines is 2. The number of furan rings is 1. The van der Waals surface area contributed by atoms with E-state index in [0.29, 0.717) is 24.0 Å². The smallest absolute Gasteiger partial charge is 0.164 e. The van der Waals surface area contributed by atoms with Crippen LogP contribution in [0.4, 0.5) is 11.5 Å². The molecule has 0 aliphatic carbocycles. The van der Waals surface area contributed by atoms with Crippen molar-refractivity contribution in [3.8, 4) is 11.3 Å². The Hall–Kier alpha value is -3.43. The predicted molar refractivity (Wildman–Crippen MR) is 146 cm³/mol. The number of nitrogen functional groups attached to an aromatic ring is 2. The van der Waals surface area contributed by atoms with Crippen molar-refractivity contribution in [1.82, 2.24) is 29.5 Å². The summed E-state index contributed by atoms with van der Waals surface area (Å²) < 4.78 is 7.82. The highest BCUT2D eigenvalue weighted by Crippen LogP contribution is 2.37. The number of piperidine rings is 2. The van der Waals surface area contributed by atoms with Gasteiger partial charge in [-0.1, -0.05) is 12.1 Å². The zero-order valence-corrected chi connectivity index (χ0v) is 21.7. The van der Waals surface area contributed by atoms with Gasteiger partial charge in [-0.3, -0.25) is 0 Å². The summed E-state index contributed by atoms with van der Waals surface area (Å²) in [5, 5.41) is 5.86. The lowest BCUT2D eigenvalue weighted by molar-refractivity contribution is 0.0859. The maximum atomic E-state index is 6.58. The van der Waals surface area contributed by atoms with Gasteiger partial charge in [0.2, 0.25) is 0 Å².